The molecule has 2 fully saturated rings. The van der Waals surface area contributed by atoms with E-state index in [1.54, 1.807) is 25.3 Å². The highest BCUT2D eigenvalue weighted by molar-refractivity contribution is 5.93. The highest BCUT2D eigenvalue weighted by atomic mass is 19.1. The first-order chi connectivity index (χ1) is 14.5. The smallest absolute Gasteiger partial charge is 0.410 e. The molecule has 0 N–H and O–H groups in total. The molecule has 3 atom stereocenters. The molecule has 0 saturated carbocycles. The van der Waals surface area contributed by atoms with Crippen LogP contribution in [-0.4, -0.2) is 60.8 Å². The third kappa shape index (κ3) is 3.53. The summed E-state index contributed by atoms with van der Waals surface area (Å²) in [5.41, 5.74) is 1.62. The van der Waals surface area contributed by atoms with Crippen LogP contribution in [0.1, 0.15) is 11.1 Å². The molecule has 0 spiro atoms. The Morgan fingerprint density at radius 1 is 1.07 bits per heavy atom. The van der Waals surface area contributed by atoms with E-state index < -0.39 is 24.3 Å². The minimum absolute atomic E-state index is 0.0774. The van der Waals surface area contributed by atoms with Crippen LogP contribution in [-0.2, 0) is 22.7 Å². The van der Waals surface area contributed by atoms with E-state index in [-0.39, 0.29) is 25.6 Å². The second-order valence-electron chi connectivity index (χ2n) is 7.30. The van der Waals surface area contributed by atoms with Crippen LogP contribution in [0.4, 0.5) is 9.18 Å². The van der Waals surface area contributed by atoms with E-state index in [0.29, 0.717) is 11.5 Å². The molecule has 0 aromatic heterocycles. The predicted octanol–water partition coefficient (Wildman–Crippen LogP) is 2.77. The summed E-state index contributed by atoms with van der Waals surface area (Å²) in [4.78, 5) is 27.8. The van der Waals surface area contributed by atoms with Crippen LogP contribution >= 0.6 is 0 Å². The molecule has 2 aliphatic heterocycles. The van der Waals surface area contributed by atoms with Gasteiger partial charge in [-0.3, -0.25) is 9.69 Å². The van der Waals surface area contributed by atoms with Crippen molar-refractivity contribution in [3.63, 3.8) is 0 Å². The van der Waals surface area contributed by atoms with Crippen LogP contribution in [0.3, 0.4) is 0 Å². The Hall–Kier alpha value is -3.29. The summed E-state index contributed by atoms with van der Waals surface area (Å²) < 4.78 is 30.5. The van der Waals surface area contributed by atoms with E-state index >= 15 is 0 Å². The monoisotopic (exact) mass is 414 g/mol. The van der Waals surface area contributed by atoms with Gasteiger partial charge in [0.2, 0.25) is 5.91 Å². The second kappa shape index (κ2) is 8.22. The number of fused-ring (bicyclic) bond motifs is 1. The van der Waals surface area contributed by atoms with Crippen molar-refractivity contribution in [2.75, 3.05) is 20.8 Å². The Labute approximate surface area is 173 Å². The summed E-state index contributed by atoms with van der Waals surface area (Å²) in [6.07, 6.45) is -2.00. The molecule has 2 heterocycles. The van der Waals surface area contributed by atoms with Gasteiger partial charge in [0.05, 0.1) is 26.8 Å². The van der Waals surface area contributed by atoms with E-state index in [9.17, 15) is 14.0 Å². The molecule has 2 aromatic carbocycles. The van der Waals surface area contributed by atoms with Crippen molar-refractivity contribution in [1.82, 2.24) is 9.80 Å². The van der Waals surface area contributed by atoms with Crippen molar-refractivity contribution in [2.24, 2.45) is 0 Å². The molecule has 0 radical (unpaired) electrons. The summed E-state index contributed by atoms with van der Waals surface area (Å²) in [7, 11) is 3.07. The molecule has 0 unspecified atom stereocenters. The van der Waals surface area contributed by atoms with Crippen molar-refractivity contribution >= 4 is 12.0 Å². The number of β-lactam (4-membered cyclic amide) rings is 1. The van der Waals surface area contributed by atoms with Gasteiger partial charge in [0.1, 0.15) is 18.8 Å². The first-order valence-electron chi connectivity index (χ1n) is 9.66. The maximum Gasteiger partial charge on any atom is 0.410 e. The predicted molar refractivity (Wildman–Crippen MR) is 106 cm³/mol. The Balaban J connectivity index is 1.41. The van der Waals surface area contributed by atoms with Crippen LogP contribution in [0.5, 0.6) is 11.5 Å². The third-order valence-corrected chi connectivity index (χ3v) is 5.54. The van der Waals surface area contributed by atoms with Crippen molar-refractivity contribution in [3.8, 4) is 11.5 Å². The zero-order chi connectivity index (χ0) is 21.3. The van der Waals surface area contributed by atoms with Gasteiger partial charge >= 0.3 is 6.09 Å². The lowest BCUT2D eigenvalue weighted by Crippen LogP contribution is -2.68. The fourth-order valence-corrected chi connectivity index (χ4v) is 4.02. The van der Waals surface area contributed by atoms with Gasteiger partial charge in [-0.1, -0.05) is 36.4 Å². The lowest BCUT2D eigenvalue weighted by molar-refractivity contribution is -0.155. The molecule has 0 bridgehead atoms. The van der Waals surface area contributed by atoms with Crippen LogP contribution in [0.25, 0.3) is 0 Å². The lowest BCUT2D eigenvalue weighted by Gasteiger charge is -2.45. The number of amides is 2. The largest absolute Gasteiger partial charge is 0.493 e. The van der Waals surface area contributed by atoms with Gasteiger partial charge in [0.25, 0.3) is 0 Å². The highest BCUT2D eigenvalue weighted by Gasteiger charge is 2.61. The van der Waals surface area contributed by atoms with Gasteiger partial charge < -0.3 is 19.1 Å². The fourth-order valence-electron chi connectivity index (χ4n) is 4.02. The van der Waals surface area contributed by atoms with Crippen molar-refractivity contribution in [2.45, 2.75) is 31.4 Å². The van der Waals surface area contributed by atoms with Gasteiger partial charge in [0.15, 0.2) is 11.5 Å². The molecular weight excluding hydrogens is 391 g/mol. The molecule has 2 saturated heterocycles. The number of nitrogens with zero attached hydrogens (tertiary/aromatic N) is 2. The van der Waals surface area contributed by atoms with Crippen molar-refractivity contribution < 1.29 is 28.2 Å². The standard InChI is InChI=1S/C22H23FN2O5/c1-28-17-9-8-15(10-18(17)29-2)11-24-19-16(23)12-25(20(19)21(24)26)22(27)30-13-14-6-4-3-5-7-14/h3-10,16,19-20H,11-13H2,1-2H3/t16-,19+,20-/m0/s1. The topological polar surface area (TPSA) is 68.3 Å². The third-order valence-electron chi connectivity index (χ3n) is 5.54. The molecular formula is C22H23FN2O5. The minimum Gasteiger partial charge on any atom is -0.493 e. The number of alkyl halides is 1. The number of methoxy groups -OCH3 is 2. The number of benzene rings is 2. The van der Waals surface area contributed by atoms with Gasteiger partial charge in [-0.05, 0) is 23.3 Å². The lowest BCUT2D eigenvalue weighted by atomic mass is 9.94. The zero-order valence-corrected chi connectivity index (χ0v) is 16.8. The number of carbonyl (C=O) groups excluding carboxylic acids is 2. The first kappa shape index (κ1) is 20.0. The number of ether oxygens (including phenoxy) is 3. The zero-order valence-electron chi connectivity index (χ0n) is 16.8. The fraction of sp³-hybridized carbons (Fsp3) is 0.364. The van der Waals surface area contributed by atoms with Crippen molar-refractivity contribution in [1.29, 1.82) is 0 Å². The Morgan fingerprint density at radius 3 is 2.50 bits per heavy atom. The molecule has 2 aromatic rings. The van der Waals surface area contributed by atoms with E-state index in [2.05, 4.69) is 0 Å². The Kier molecular flexibility index (Phi) is 5.48. The van der Waals surface area contributed by atoms with E-state index in [1.165, 1.54) is 16.9 Å². The van der Waals surface area contributed by atoms with E-state index in [1.807, 2.05) is 30.3 Å². The summed E-state index contributed by atoms with van der Waals surface area (Å²) in [5.74, 6) is 0.825. The summed E-state index contributed by atoms with van der Waals surface area (Å²) in [6, 6.07) is 13.0. The number of likely N-dealkylation sites (tertiary alicyclic amines) is 2. The van der Waals surface area contributed by atoms with Gasteiger partial charge in [0, 0.05) is 6.54 Å². The number of hydrogen-bond acceptors (Lipinski definition) is 5. The SMILES string of the molecule is COc1ccc(CN2C(=O)[C@@H]3[C@H]2[C@@H](F)CN3C(=O)OCc2ccccc2)cc1OC. The molecule has 4 rings (SSSR count). The maximum atomic E-state index is 14.7. The number of rotatable bonds is 6. The summed E-state index contributed by atoms with van der Waals surface area (Å²) in [5, 5.41) is 0. The molecule has 2 aliphatic rings. The molecule has 158 valence electrons. The number of halogens is 1. The summed E-state index contributed by atoms with van der Waals surface area (Å²) >= 11 is 0. The second-order valence-corrected chi connectivity index (χ2v) is 7.30. The molecule has 7 nitrogen and oxygen atoms in total. The van der Waals surface area contributed by atoms with E-state index in [4.69, 9.17) is 14.2 Å². The average molecular weight is 414 g/mol. The average Bonchev–Trinajstić information content (AvgIpc) is 3.09. The number of hydrogen-bond donors (Lipinski definition) is 0. The number of carbonyl (C=O) groups is 2. The quantitative estimate of drug-likeness (QED) is 0.680. The van der Waals surface area contributed by atoms with Crippen LogP contribution in [0, 0.1) is 0 Å². The van der Waals surface area contributed by atoms with Crippen molar-refractivity contribution in [3.05, 3.63) is 59.7 Å². The van der Waals surface area contributed by atoms with Crippen LogP contribution in [0.15, 0.2) is 48.5 Å². The molecule has 8 heteroatoms. The molecule has 0 aliphatic carbocycles. The van der Waals surface area contributed by atoms with Crippen LogP contribution in [0.2, 0.25) is 0 Å². The summed E-state index contributed by atoms with van der Waals surface area (Å²) in [6.45, 7) is 0.152. The molecule has 2 amide bonds. The van der Waals surface area contributed by atoms with Gasteiger partial charge in [-0.25, -0.2) is 9.18 Å². The minimum atomic E-state index is -1.32. The first-order valence-corrected chi connectivity index (χ1v) is 9.66. The Morgan fingerprint density at radius 2 is 1.80 bits per heavy atom. The van der Waals surface area contributed by atoms with Crippen LogP contribution < -0.4 is 9.47 Å². The highest BCUT2D eigenvalue weighted by Crippen LogP contribution is 2.38. The molecule has 30 heavy (non-hydrogen) atoms. The normalized spacial score (nSPS) is 22.4. The van der Waals surface area contributed by atoms with Gasteiger partial charge in [-0.15, -0.1) is 0 Å². The maximum absolute atomic E-state index is 14.7. The van der Waals surface area contributed by atoms with Gasteiger partial charge in [-0.2, -0.15) is 0 Å². The Bertz CT molecular complexity index is 938. The van der Waals surface area contributed by atoms with E-state index in [0.717, 1.165) is 11.1 Å².